The van der Waals surface area contributed by atoms with Crippen molar-refractivity contribution >= 4 is 56.8 Å². The average molecular weight is 608 g/mol. The molecule has 0 unspecified atom stereocenters. The van der Waals surface area contributed by atoms with E-state index in [1.54, 1.807) is 20.8 Å². The normalized spacial score (nSPS) is 12.8. The van der Waals surface area contributed by atoms with Crippen LogP contribution >= 0.6 is 27.3 Å². The van der Waals surface area contributed by atoms with Crippen molar-refractivity contribution in [2.75, 3.05) is 5.32 Å². The first-order valence-corrected chi connectivity index (χ1v) is 13.5. The van der Waals surface area contributed by atoms with Gasteiger partial charge < -0.3 is 10.1 Å². The molecule has 0 spiro atoms. The number of ketones is 1. The number of aryl methyl sites for hydroxylation is 2. The second-order valence-corrected chi connectivity index (χ2v) is 11.6. The highest BCUT2D eigenvalue weighted by Gasteiger charge is 2.20. The number of amides is 1. The fourth-order valence-electron chi connectivity index (χ4n) is 3.60. The van der Waals surface area contributed by atoms with Crippen LogP contribution in [0.25, 0.3) is 12.2 Å². The van der Waals surface area contributed by atoms with Gasteiger partial charge in [-0.15, -0.1) is 11.3 Å². The van der Waals surface area contributed by atoms with Crippen LogP contribution in [0.5, 0.6) is 5.75 Å². The van der Waals surface area contributed by atoms with E-state index in [0.717, 1.165) is 28.9 Å². The van der Waals surface area contributed by atoms with Gasteiger partial charge in [-0.25, -0.2) is 0 Å². The summed E-state index contributed by atoms with van der Waals surface area (Å²) in [4.78, 5) is 39.3. The minimum Gasteiger partial charge on any atom is -0.435 e. The summed E-state index contributed by atoms with van der Waals surface area (Å²) < 4.78 is 32.2. The van der Waals surface area contributed by atoms with Crippen LogP contribution in [-0.2, 0) is 22.6 Å². The Labute approximate surface area is 231 Å². The molecule has 38 heavy (non-hydrogen) atoms. The number of nitrogens with zero attached hydrogens (tertiary/aromatic N) is 1. The van der Waals surface area contributed by atoms with Crippen LogP contribution in [0.2, 0.25) is 0 Å². The molecule has 3 rings (SSSR count). The summed E-state index contributed by atoms with van der Waals surface area (Å²) in [6.45, 7) is 5.87. The molecule has 0 aliphatic carbocycles. The van der Waals surface area contributed by atoms with Crippen molar-refractivity contribution in [1.29, 1.82) is 0 Å². The lowest BCUT2D eigenvalue weighted by Gasteiger charge is -2.14. The van der Waals surface area contributed by atoms with Gasteiger partial charge in [0.25, 0.3) is 5.56 Å². The molecule has 6 nitrogen and oxygen atoms in total. The fraction of sp³-hybridized carbons (Fsp3) is 0.321. The Balaban J connectivity index is 2.11. The molecule has 0 fully saturated rings. The molecule has 0 aliphatic heterocycles. The van der Waals surface area contributed by atoms with E-state index in [1.807, 2.05) is 32.0 Å². The summed E-state index contributed by atoms with van der Waals surface area (Å²) in [7, 11) is 0. The Kier molecular flexibility index (Phi) is 9.43. The maximum absolute atomic E-state index is 13.4. The van der Waals surface area contributed by atoms with Crippen LogP contribution in [0.3, 0.4) is 0 Å². The maximum Gasteiger partial charge on any atom is 0.387 e. The van der Waals surface area contributed by atoms with E-state index in [4.69, 9.17) is 0 Å². The maximum atomic E-state index is 13.4. The number of hydrogen-bond acceptors (Lipinski definition) is 5. The second-order valence-electron chi connectivity index (χ2n) is 9.67. The SMILES string of the molecule is CCc1cccc(C)c1NC(=O)Cn1c(=O)/c(=C/c2cc(OC(F)F)ccc2Br)s/c1=C/C(=O)C(C)(C)C. The molecule has 2 aromatic carbocycles. The number of anilines is 1. The van der Waals surface area contributed by atoms with Gasteiger partial charge in [-0.3, -0.25) is 19.0 Å². The van der Waals surface area contributed by atoms with Crippen LogP contribution in [0.15, 0.2) is 45.7 Å². The molecule has 10 heteroatoms. The molecule has 0 radical (unpaired) electrons. The highest BCUT2D eigenvalue weighted by atomic mass is 79.9. The van der Waals surface area contributed by atoms with E-state index in [2.05, 4.69) is 26.0 Å². The number of aromatic nitrogens is 1. The van der Waals surface area contributed by atoms with Gasteiger partial charge in [0, 0.05) is 21.7 Å². The molecular formula is C28H29BrF2N2O4S. The first-order chi connectivity index (χ1) is 17.8. The average Bonchev–Trinajstić information content (AvgIpc) is 3.10. The van der Waals surface area contributed by atoms with Crippen molar-refractivity contribution in [3.63, 3.8) is 0 Å². The van der Waals surface area contributed by atoms with E-state index in [0.29, 0.717) is 20.4 Å². The molecule has 0 atom stereocenters. The zero-order valence-electron chi connectivity index (χ0n) is 21.7. The molecule has 1 N–H and O–H groups in total. The number of ether oxygens (including phenoxy) is 1. The van der Waals surface area contributed by atoms with Crippen molar-refractivity contribution in [3.05, 3.63) is 77.1 Å². The van der Waals surface area contributed by atoms with Gasteiger partial charge in [0.05, 0.1) is 4.53 Å². The van der Waals surface area contributed by atoms with Crippen LogP contribution in [0.4, 0.5) is 14.5 Å². The third-order valence-electron chi connectivity index (χ3n) is 5.72. The Bertz CT molecular complexity index is 1540. The number of nitrogens with one attached hydrogen (secondary N) is 1. The monoisotopic (exact) mass is 606 g/mol. The number of para-hydroxylation sites is 1. The number of hydrogen-bond donors (Lipinski definition) is 1. The number of Topliss-reactive ketones (excluding diaryl/α,β-unsaturated/α-hetero) is 1. The van der Waals surface area contributed by atoms with Crippen LogP contribution in [0, 0.1) is 12.3 Å². The topological polar surface area (TPSA) is 77.4 Å². The van der Waals surface area contributed by atoms with Gasteiger partial charge in [-0.05, 0) is 54.3 Å². The lowest BCUT2D eigenvalue weighted by atomic mass is 9.91. The van der Waals surface area contributed by atoms with Crippen LogP contribution in [0.1, 0.15) is 44.4 Å². The van der Waals surface area contributed by atoms with Gasteiger partial charge in [0.2, 0.25) is 5.91 Å². The van der Waals surface area contributed by atoms with Crippen molar-refractivity contribution in [2.45, 2.75) is 54.2 Å². The van der Waals surface area contributed by atoms with Crippen LogP contribution < -0.4 is 24.8 Å². The van der Waals surface area contributed by atoms with E-state index >= 15 is 0 Å². The lowest BCUT2D eigenvalue weighted by molar-refractivity contribution is -0.120. The molecule has 1 amide bonds. The highest BCUT2D eigenvalue weighted by molar-refractivity contribution is 9.10. The first-order valence-electron chi connectivity index (χ1n) is 11.9. The molecule has 3 aromatic rings. The Hall–Kier alpha value is -3.11. The Morgan fingerprint density at radius 3 is 2.55 bits per heavy atom. The summed E-state index contributed by atoms with van der Waals surface area (Å²) >= 11 is 4.41. The van der Waals surface area contributed by atoms with E-state index in [9.17, 15) is 23.2 Å². The van der Waals surface area contributed by atoms with Crippen molar-refractivity contribution < 1.29 is 23.1 Å². The zero-order chi connectivity index (χ0) is 28.2. The van der Waals surface area contributed by atoms with E-state index < -0.39 is 23.5 Å². The number of alkyl halides is 2. The largest absolute Gasteiger partial charge is 0.435 e. The summed E-state index contributed by atoms with van der Waals surface area (Å²) in [5.41, 5.74) is 1.82. The Morgan fingerprint density at radius 2 is 1.92 bits per heavy atom. The third kappa shape index (κ3) is 7.26. The second kappa shape index (κ2) is 12.2. The minimum atomic E-state index is -2.99. The van der Waals surface area contributed by atoms with E-state index in [1.165, 1.54) is 34.9 Å². The lowest BCUT2D eigenvalue weighted by Crippen LogP contribution is -2.36. The number of rotatable bonds is 8. The quantitative estimate of drug-likeness (QED) is 0.391. The first kappa shape index (κ1) is 29.4. The molecule has 0 bridgehead atoms. The molecule has 0 aliphatic rings. The fourth-order valence-corrected chi connectivity index (χ4v) is 4.99. The van der Waals surface area contributed by atoms with Crippen molar-refractivity contribution in [2.24, 2.45) is 5.41 Å². The molecule has 202 valence electrons. The van der Waals surface area contributed by atoms with Gasteiger partial charge in [0.1, 0.15) is 17.0 Å². The number of thiazole rings is 1. The number of halogens is 3. The van der Waals surface area contributed by atoms with Gasteiger partial charge >= 0.3 is 6.61 Å². The summed E-state index contributed by atoms with van der Waals surface area (Å²) in [5.74, 6) is -0.683. The van der Waals surface area contributed by atoms with Gasteiger partial charge in [0.15, 0.2) is 5.78 Å². The smallest absolute Gasteiger partial charge is 0.387 e. The number of benzene rings is 2. The number of carbonyl (C=O) groups excluding carboxylic acids is 2. The van der Waals surface area contributed by atoms with Gasteiger partial charge in [-0.1, -0.05) is 61.8 Å². The third-order valence-corrected chi connectivity index (χ3v) is 7.50. The summed E-state index contributed by atoms with van der Waals surface area (Å²) in [6.07, 6.45) is 3.60. The number of carbonyl (C=O) groups is 2. The van der Waals surface area contributed by atoms with Crippen LogP contribution in [-0.4, -0.2) is 22.9 Å². The Morgan fingerprint density at radius 1 is 1.21 bits per heavy atom. The zero-order valence-corrected chi connectivity index (χ0v) is 24.1. The predicted molar refractivity (Wildman–Crippen MR) is 150 cm³/mol. The summed E-state index contributed by atoms with van der Waals surface area (Å²) in [6, 6.07) is 10.0. The molecular weight excluding hydrogens is 578 g/mol. The van der Waals surface area contributed by atoms with E-state index in [-0.39, 0.29) is 22.6 Å². The van der Waals surface area contributed by atoms with Crippen molar-refractivity contribution in [3.8, 4) is 5.75 Å². The predicted octanol–water partition coefficient (Wildman–Crippen LogP) is 5.01. The molecule has 1 aromatic heterocycles. The molecule has 1 heterocycles. The van der Waals surface area contributed by atoms with Gasteiger partial charge in [-0.2, -0.15) is 8.78 Å². The van der Waals surface area contributed by atoms with Crippen molar-refractivity contribution in [1.82, 2.24) is 4.57 Å². The summed E-state index contributed by atoms with van der Waals surface area (Å²) in [5, 5.41) is 2.91. The minimum absolute atomic E-state index is 0.0645. The molecule has 0 saturated heterocycles. The molecule has 0 saturated carbocycles. The standard InChI is InChI=1S/C28H29BrF2N2O4S/c1-6-17-9-7-8-16(2)25(17)32-23(35)15-33-24(14-22(34)28(3,4)5)38-21(26(33)36)13-18-12-19(37-27(30)31)10-11-20(18)29/h7-14,27H,6,15H2,1-5H3,(H,32,35)/b21-13-,24-14+. The highest BCUT2D eigenvalue weighted by Crippen LogP contribution is 2.24.